The molecule has 192 valence electrons. The highest BCUT2D eigenvalue weighted by molar-refractivity contribution is 7.92. The molecule has 1 N–H and O–H groups in total. The number of carbonyl (C=O) groups excluding carboxylic acids is 2. The molecule has 0 radical (unpaired) electrons. The number of methoxy groups -OCH3 is 1. The van der Waals surface area contributed by atoms with Gasteiger partial charge in [0, 0.05) is 18.1 Å². The Hall–Kier alpha value is -2.78. The first-order valence-electron chi connectivity index (χ1n) is 11.4. The number of nitrogens with zero attached hydrogens (tertiary/aromatic N) is 2. The third-order valence-corrected chi connectivity index (χ3v) is 6.74. The van der Waals surface area contributed by atoms with Crippen LogP contribution in [0.1, 0.15) is 32.8 Å². The molecule has 0 unspecified atom stereocenters. The second-order valence-electron chi connectivity index (χ2n) is 8.68. The van der Waals surface area contributed by atoms with Crippen LogP contribution >= 0.6 is 11.6 Å². The topological polar surface area (TPSA) is 96.0 Å². The first kappa shape index (κ1) is 28.5. The van der Waals surface area contributed by atoms with Crippen LogP contribution in [0, 0.1) is 5.92 Å². The van der Waals surface area contributed by atoms with Crippen LogP contribution < -0.4 is 14.4 Å². The minimum absolute atomic E-state index is 0.113. The Labute approximate surface area is 213 Å². The second-order valence-corrected chi connectivity index (χ2v) is 11.0. The van der Waals surface area contributed by atoms with E-state index in [1.54, 1.807) is 37.4 Å². The standard InChI is InChI=1S/C25H34ClN3O5S/c1-6-23(25(31)27-15-18(2)3)28(16-19-8-7-9-22(14-19)34-4)24(30)17-29(35(5,32)33)21-12-10-20(26)11-13-21/h7-14,18,23H,6,15-17H2,1-5H3,(H,27,31)/t23-/m0/s1. The number of nitrogens with one attached hydrogen (secondary N) is 1. The average molecular weight is 524 g/mol. The van der Waals surface area contributed by atoms with Crippen LogP contribution in [0.4, 0.5) is 5.69 Å². The Kier molecular flexibility index (Phi) is 10.4. The number of halogens is 1. The van der Waals surface area contributed by atoms with E-state index in [1.807, 2.05) is 26.8 Å². The molecule has 0 aliphatic carbocycles. The summed E-state index contributed by atoms with van der Waals surface area (Å²) < 4.78 is 31.5. The molecule has 1 atom stereocenters. The number of benzene rings is 2. The Balaban J connectivity index is 2.42. The molecular formula is C25H34ClN3O5S. The van der Waals surface area contributed by atoms with Gasteiger partial charge >= 0.3 is 0 Å². The van der Waals surface area contributed by atoms with Crippen molar-refractivity contribution in [2.75, 3.05) is 30.8 Å². The molecule has 2 aromatic carbocycles. The van der Waals surface area contributed by atoms with Crippen LogP contribution in [0.15, 0.2) is 48.5 Å². The van der Waals surface area contributed by atoms with Gasteiger partial charge in [-0.1, -0.05) is 44.5 Å². The van der Waals surface area contributed by atoms with Gasteiger partial charge in [0.15, 0.2) is 0 Å². The average Bonchev–Trinajstić information content (AvgIpc) is 2.81. The number of ether oxygens (including phenoxy) is 1. The van der Waals surface area contributed by atoms with Crippen molar-refractivity contribution in [2.45, 2.75) is 39.8 Å². The minimum atomic E-state index is -3.79. The highest BCUT2D eigenvalue weighted by Crippen LogP contribution is 2.22. The highest BCUT2D eigenvalue weighted by atomic mass is 35.5. The Morgan fingerprint density at radius 2 is 1.77 bits per heavy atom. The van der Waals surface area contributed by atoms with Gasteiger partial charge in [0.05, 0.1) is 19.1 Å². The third kappa shape index (κ3) is 8.43. The molecule has 0 fully saturated rings. The van der Waals surface area contributed by atoms with Crippen molar-refractivity contribution in [1.29, 1.82) is 0 Å². The number of rotatable bonds is 12. The van der Waals surface area contributed by atoms with Gasteiger partial charge in [-0.25, -0.2) is 8.42 Å². The predicted molar refractivity (Wildman–Crippen MR) is 139 cm³/mol. The lowest BCUT2D eigenvalue weighted by Crippen LogP contribution is -2.52. The molecule has 0 saturated heterocycles. The summed E-state index contributed by atoms with van der Waals surface area (Å²) in [6.45, 7) is 5.91. The molecule has 0 aromatic heterocycles. The molecule has 0 bridgehead atoms. The minimum Gasteiger partial charge on any atom is -0.497 e. The summed E-state index contributed by atoms with van der Waals surface area (Å²) in [5, 5.41) is 3.34. The van der Waals surface area contributed by atoms with Crippen molar-refractivity contribution in [3.8, 4) is 5.75 Å². The number of hydrogen-bond acceptors (Lipinski definition) is 5. The summed E-state index contributed by atoms with van der Waals surface area (Å²) in [7, 11) is -2.25. The van der Waals surface area contributed by atoms with Gasteiger partial charge in [0.2, 0.25) is 21.8 Å². The van der Waals surface area contributed by atoms with E-state index in [0.29, 0.717) is 29.4 Å². The van der Waals surface area contributed by atoms with Crippen LogP contribution in [0.25, 0.3) is 0 Å². The number of anilines is 1. The molecule has 8 nitrogen and oxygen atoms in total. The lowest BCUT2D eigenvalue weighted by atomic mass is 10.1. The normalized spacial score (nSPS) is 12.2. The summed E-state index contributed by atoms with van der Waals surface area (Å²) in [6.07, 6.45) is 1.40. The molecule has 35 heavy (non-hydrogen) atoms. The maximum absolute atomic E-state index is 13.6. The predicted octanol–water partition coefficient (Wildman–Crippen LogP) is 3.69. The number of sulfonamides is 1. The maximum Gasteiger partial charge on any atom is 0.244 e. The number of carbonyl (C=O) groups is 2. The molecule has 0 spiro atoms. The van der Waals surface area contributed by atoms with E-state index in [2.05, 4.69) is 5.32 Å². The van der Waals surface area contributed by atoms with Crippen molar-refractivity contribution in [2.24, 2.45) is 5.92 Å². The molecule has 0 aliphatic heterocycles. The summed E-state index contributed by atoms with van der Waals surface area (Å²) in [5.41, 5.74) is 1.06. The molecule has 0 saturated carbocycles. The fraction of sp³-hybridized carbons (Fsp3) is 0.440. The van der Waals surface area contributed by atoms with E-state index in [1.165, 1.54) is 17.0 Å². The fourth-order valence-electron chi connectivity index (χ4n) is 3.53. The van der Waals surface area contributed by atoms with Crippen LogP contribution in [-0.2, 0) is 26.2 Å². The Morgan fingerprint density at radius 1 is 1.11 bits per heavy atom. The summed E-state index contributed by atoms with van der Waals surface area (Å²) in [6, 6.07) is 12.6. The van der Waals surface area contributed by atoms with Crippen LogP contribution in [0.3, 0.4) is 0 Å². The lowest BCUT2D eigenvalue weighted by molar-refractivity contribution is -0.140. The summed E-state index contributed by atoms with van der Waals surface area (Å²) in [5.74, 6) is 0.0744. The molecule has 0 aliphatic rings. The molecule has 10 heteroatoms. The zero-order valence-corrected chi connectivity index (χ0v) is 22.4. The van der Waals surface area contributed by atoms with Crippen molar-refractivity contribution in [3.05, 3.63) is 59.1 Å². The van der Waals surface area contributed by atoms with Crippen LogP contribution in [-0.4, -0.2) is 57.6 Å². The smallest absolute Gasteiger partial charge is 0.244 e. The SMILES string of the molecule is CC[C@@H](C(=O)NCC(C)C)N(Cc1cccc(OC)c1)C(=O)CN(c1ccc(Cl)cc1)S(C)(=O)=O. The molecule has 2 amide bonds. The number of hydrogen-bond donors (Lipinski definition) is 1. The monoisotopic (exact) mass is 523 g/mol. The van der Waals surface area contributed by atoms with Gasteiger partial charge in [0.1, 0.15) is 18.3 Å². The van der Waals surface area contributed by atoms with Crippen LogP contribution in [0.2, 0.25) is 5.02 Å². The van der Waals surface area contributed by atoms with Crippen LogP contribution in [0.5, 0.6) is 5.75 Å². The van der Waals surface area contributed by atoms with Gasteiger partial charge in [-0.15, -0.1) is 0 Å². The quantitative estimate of drug-likeness (QED) is 0.457. The summed E-state index contributed by atoms with van der Waals surface area (Å²) >= 11 is 5.95. The first-order valence-corrected chi connectivity index (χ1v) is 13.6. The Morgan fingerprint density at radius 3 is 2.31 bits per heavy atom. The third-order valence-electron chi connectivity index (χ3n) is 5.35. The van der Waals surface area contributed by atoms with Crippen molar-refractivity contribution in [1.82, 2.24) is 10.2 Å². The van der Waals surface area contributed by atoms with Gasteiger partial charge in [-0.05, 0) is 54.3 Å². The van der Waals surface area contributed by atoms with E-state index in [4.69, 9.17) is 16.3 Å². The van der Waals surface area contributed by atoms with Crippen molar-refractivity contribution < 1.29 is 22.7 Å². The molecular weight excluding hydrogens is 490 g/mol. The largest absolute Gasteiger partial charge is 0.497 e. The first-order chi connectivity index (χ1) is 16.5. The van der Waals surface area contributed by atoms with E-state index >= 15 is 0 Å². The highest BCUT2D eigenvalue weighted by Gasteiger charge is 2.31. The van der Waals surface area contributed by atoms with Gasteiger partial charge in [0.25, 0.3) is 0 Å². The fourth-order valence-corrected chi connectivity index (χ4v) is 4.51. The van der Waals surface area contributed by atoms with Crippen molar-refractivity contribution in [3.63, 3.8) is 0 Å². The van der Waals surface area contributed by atoms with Gasteiger partial charge in [-0.3, -0.25) is 13.9 Å². The number of amides is 2. The van der Waals surface area contributed by atoms with E-state index in [-0.39, 0.29) is 18.4 Å². The second kappa shape index (κ2) is 12.8. The summed E-state index contributed by atoms with van der Waals surface area (Å²) in [4.78, 5) is 28.1. The lowest BCUT2D eigenvalue weighted by Gasteiger charge is -2.33. The van der Waals surface area contributed by atoms with E-state index in [9.17, 15) is 18.0 Å². The molecule has 0 heterocycles. The zero-order chi connectivity index (χ0) is 26.2. The Bertz CT molecular complexity index is 1110. The maximum atomic E-state index is 13.6. The molecule has 2 rings (SSSR count). The van der Waals surface area contributed by atoms with Gasteiger partial charge < -0.3 is 15.0 Å². The zero-order valence-electron chi connectivity index (χ0n) is 20.8. The van der Waals surface area contributed by atoms with E-state index in [0.717, 1.165) is 16.1 Å². The molecule has 2 aromatic rings. The van der Waals surface area contributed by atoms with E-state index < -0.39 is 28.5 Å². The van der Waals surface area contributed by atoms with Crippen molar-refractivity contribution >= 4 is 39.1 Å². The van der Waals surface area contributed by atoms with Gasteiger partial charge in [-0.2, -0.15) is 0 Å².